The quantitative estimate of drug-likeness (QED) is 0.834. The van der Waals surface area contributed by atoms with E-state index in [2.05, 4.69) is 30.0 Å². The molecule has 1 aliphatic rings. The van der Waals surface area contributed by atoms with Crippen LogP contribution in [0.5, 0.6) is 0 Å². The standard InChI is InChI=1S/C20H27N3O2/c1-5-17-8-6-10-19(12-17)23(15(2)3)14-20(25)22-11-7-9-18(13-22)21-16(4)24/h1,6,8,10,12,15,18H,7,9,11,13-14H2,2-4H3,(H,21,24). The van der Waals surface area contributed by atoms with Crippen molar-refractivity contribution in [3.05, 3.63) is 29.8 Å². The fourth-order valence-corrected chi connectivity index (χ4v) is 3.20. The van der Waals surface area contributed by atoms with Crippen molar-refractivity contribution in [1.29, 1.82) is 0 Å². The van der Waals surface area contributed by atoms with Gasteiger partial charge in [-0.15, -0.1) is 6.42 Å². The number of carbonyl (C=O) groups excluding carboxylic acids is 2. The normalized spacial score (nSPS) is 17.1. The van der Waals surface area contributed by atoms with Gasteiger partial charge in [-0.05, 0) is 44.9 Å². The van der Waals surface area contributed by atoms with Gasteiger partial charge in [0.15, 0.2) is 0 Å². The Balaban J connectivity index is 2.07. The number of benzene rings is 1. The fraction of sp³-hybridized carbons (Fsp3) is 0.500. The van der Waals surface area contributed by atoms with Gasteiger partial charge in [0.1, 0.15) is 0 Å². The lowest BCUT2D eigenvalue weighted by atomic mass is 10.1. The number of nitrogens with one attached hydrogen (secondary N) is 1. The van der Waals surface area contributed by atoms with Crippen molar-refractivity contribution < 1.29 is 9.59 Å². The molecule has 0 aliphatic carbocycles. The third kappa shape index (κ3) is 5.25. The van der Waals surface area contributed by atoms with Crippen molar-refractivity contribution in [2.75, 3.05) is 24.5 Å². The van der Waals surface area contributed by atoms with Gasteiger partial charge >= 0.3 is 0 Å². The molecule has 5 heteroatoms. The molecular weight excluding hydrogens is 314 g/mol. The lowest BCUT2D eigenvalue weighted by Crippen LogP contribution is -2.52. The van der Waals surface area contributed by atoms with E-state index in [1.165, 1.54) is 6.92 Å². The molecule has 134 valence electrons. The minimum atomic E-state index is -0.0470. The number of rotatable bonds is 5. The van der Waals surface area contributed by atoms with E-state index in [1.54, 1.807) is 0 Å². The van der Waals surface area contributed by atoms with Gasteiger partial charge in [-0.2, -0.15) is 0 Å². The SMILES string of the molecule is C#Cc1cccc(N(CC(=O)N2CCCC(NC(C)=O)C2)C(C)C)c1. The monoisotopic (exact) mass is 341 g/mol. The van der Waals surface area contributed by atoms with E-state index in [0.717, 1.165) is 30.6 Å². The molecule has 1 atom stereocenters. The van der Waals surface area contributed by atoms with Crippen LogP contribution in [0, 0.1) is 12.3 Å². The maximum atomic E-state index is 12.8. The third-order valence-corrected chi connectivity index (χ3v) is 4.45. The van der Waals surface area contributed by atoms with E-state index < -0.39 is 0 Å². The van der Waals surface area contributed by atoms with E-state index in [0.29, 0.717) is 13.1 Å². The van der Waals surface area contributed by atoms with E-state index in [9.17, 15) is 9.59 Å². The van der Waals surface area contributed by atoms with Crippen molar-refractivity contribution in [3.8, 4) is 12.3 Å². The number of terminal acetylenes is 1. The summed E-state index contributed by atoms with van der Waals surface area (Å²) in [7, 11) is 0. The highest BCUT2D eigenvalue weighted by atomic mass is 16.2. The van der Waals surface area contributed by atoms with Crippen LogP contribution in [0.25, 0.3) is 0 Å². The zero-order valence-electron chi connectivity index (χ0n) is 15.3. The van der Waals surface area contributed by atoms with Gasteiger partial charge in [0.2, 0.25) is 11.8 Å². The molecule has 5 nitrogen and oxygen atoms in total. The summed E-state index contributed by atoms with van der Waals surface area (Å²) in [5.74, 6) is 2.67. The molecule has 0 bridgehead atoms. The zero-order valence-corrected chi connectivity index (χ0v) is 15.3. The summed E-state index contributed by atoms with van der Waals surface area (Å²) < 4.78 is 0. The maximum Gasteiger partial charge on any atom is 0.242 e. The Kier molecular flexibility index (Phi) is 6.46. The summed E-state index contributed by atoms with van der Waals surface area (Å²) >= 11 is 0. The molecule has 2 amide bonds. The Morgan fingerprint density at radius 2 is 2.20 bits per heavy atom. The lowest BCUT2D eigenvalue weighted by molar-refractivity contribution is -0.132. The van der Waals surface area contributed by atoms with Gasteiger partial charge in [0.25, 0.3) is 0 Å². The highest BCUT2D eigenvalue weighted by Crippen LogP contribution is 2.19. The van der Waals surface area contributed by atoms with Crippen LogP contribution in [-0.2, 0) is 9.59 Å². The fourth-order valence-electron chi connectivity index (χ4n) is 3.20. The lowest BCUT2D eigenvalue weighted by Gasteiger charge is -2.36. The van der Waals surface area contributed by atoms with Crippen LogP contribution < -0.4 is 10.2 Å². The third-order valence-electron chi connectivity index (χ3n) is 4.45. The van der Waals surface area contributed by atoms with Crippen molar-refractivity contribution in [1.82, 2.24) is 10.2 Å². The van der Waals surface area contributed by atoms with Crippen LogP contribution in [0.2, 0.25) is 0 Å². The summed E-state index contributed by atoms with van der Waals surface area (Å²) in [6.07, 6.45) is 7.32. The summed E-state index contributed by atoms with van der Waals surface area (Å²) in [6.45, 7) is 7.26. The van der Waals surface area contributed by atoms with E-state index >= 15 is 0 Å². The van der Waals surface area contributed by atoms with Gasteiger partial charge in [0.05, 0.1) is 6.54 Å². The average molecular weight is 341 g/mol. The Bertz CT molecular complexity index is 663. The van der Waals surface area contributed by atoms with Gasteiger partial charge in [0, 0.05) is 43.3 Å². The van der Waals surface area contributed by atoms with Crippen molar-refractivity contribution in [3.63, 3.8) is 0 Å². The Hall–Kier alpha value is -2.48. The molecule has 0 radical (unpaired) electrons. The zero-order chi connectivity index (χ0) is 18.4. The second kappa shape index (κ2) is 8.57. The number of nitrogens with zero attached hydrogens (tertiary/aromatic N) is 2. The predicted octanol–water partition coefficient (Wildman–Crippen LogP) is 2.01. The highest BCUT2D eigenvalue weighted by molar-refractivity contribution is 5.82. The minimum Gasteiger partial charge on any atom is -0.360 e. The molecule has 1 unspecified atom stereocenters. The van der Waals surface area contributed by atoms with Crippen LogP contribution in [0.4, 0.5) is 5.69 Å². The predicted molar refractivity (Wildman–Crippen MR) is 100 cm³/mol. The van der Waals surface area contributed by atoms with Crippen molar-refractivity contribution in [2.24, 2.45) is 0 Å². The molecule has 1 N–H and O–H groups in total. The second-order valence-electron chi connectivity index (χ2n) is 6.80. The van der Waals surface area contributed by atoms with Crippen LogP contribution >= 0.6 is 0 Å². The van der Waals surface area contributed by atoms with E-state index in [-0.39, 0.29) is 23.9 Å². The molecule has 1 heterocycles. The number of anilines is 1. The van der Waals surface area contributed by atoms with E-state index in [1.807, 2.05) is 29.2 Å². The van der Waals surface area contributed by atoms with Crippen molar-refractivity contribution >= 4 is 17.5 Å². The van der Waals surface area contributed by atoms with Crippen LogP contribution in [-0.4, -0.2) is 48.4 Å². The van der Waals surface area contributed by atoms with Gasteiger partial charge in [-0.3, -0.25) is 9.59 Å². The van der Waals surface area contributed by atoms with Gasteiger partial charge in [-0.1, -0.05) is 12.0 Å². The maximum absolute atomic E-state index is 12.8. The molecule has 1 aromatic carbocycles. The molecular formula is C20H27N3O2. The van der Waals surface area contributed by atoms with Crippen LogP contribution in [0.3, 0.4) is 0 Å². The smallest absolute Gasteiger partial charge is 0.242 e. The summed E-state index contributed by atoms with van der Waals surface area (Å²) in [4.78, 5) is 28.0. The number of likely N-dealkylation sites (tertiary alicyclic amines) is 1. The topological polar surface area (TPSA) is 52.7 Å². The average Bonchev–Trinajstić information content (AvgIpc) is 2.58. The molecule has 0 spiro atoms. The number of carbonyl (C=O) groups is 2. The molecule has 2 rings (SSSR count). The Labute approximate surface area is 150 Å². The number of amides is 2. The number of hydrogen-bond acceptors (Lipinski definition) is 3. The number of piperidine rings is 1. The highest BCUT2D eigenvalue weighted by Gasteiger charge is 2.26. The summed E-state index contributed by atoms with van der Waals surface area (Å²) in [6, 6.07) is 7.93. The largest absolute Gasteiger partial charge is 0.360 e. The first-order chi connectivity index (χ1) is 11.9. The molecule has 1 aromatic rings. The molecule has 0 aromatic heterocycles. The minimum absolute atomic E-state index is 0.0470. The first-order valence-corrected chi connectivity index (χ1v) is 8.79. The van der Waals surface area contributed by atoms with Crippen LogP contribution in [0.1, 0.15) is 39.2 Å². The first kappa shape index (κ1) is 18.9. The second-order valence-corrected chi connectivity index (χ2v) is 6.80. The molecule has 1 fully saturated rings. The van der Waals surface area contributed by atoms with E-state index in [4.69, 9.17) is 6.42 Å². The van der Waals surface area contributed by atoms with Crippen molar-refractivity contribution in [2.45, 2.75) is 45.7 Å². The van der Waals surface area contributed by atoms with Gasteiger partial charge in [-0.25, -0.2) is 0 Å². The first-order valence-electron chi connectivity index (χ1n) is 8.79. The molecule has 25 heavy (non-hydrogen) atoms. The molecule has 1 saturated heterocycles. The Morgan fingerprint density at radius 3 is 2.84 bits per heavy atom. The molecule has 0 saturated carbocycles. The summed E-state index contributed by atoms with van der Waals surface area (Å²) in [5.41, 5.74) is 1.76. The van der Waals surface area contributed by atoms with Crippen LogP contribution in [0.15, 0.2) is 24.3 Å². The number of hydrogen-bond donors (Lipinski definition) is 1. The Morgan fingerprint density at radius 1 is 1.44 bits per heavy atom. The summed E-state index contributed by atoms with van der Waals surface area (Å²) in [5, 5.41) is 2.92. The van der Waals surface area contributed by atoms with Gasteiger partial charge < -0.3 is 15.1 Å². The molecule has 1 aliphatic heterocycles.